The molecule has 0 fully saturated rings. The van der Waals surface area contributed by atoms with Crippen molar-refractivity contribution in [3.63, 3.8) is 0 Å². The van der Waals surface area contributed by atoms with Crippen LogP contribution in [0.15, 0.2) is 97.3 Å². The molecule has 4 rings (SSSR count). The summed E-state index contributed by atoms with van der Waals surface area (Å²) >= 11 is 0. The summed E-state index contributed by atoms with van der Waals surface area (Å²) in [7, 11) is -3.37. The van der Waals surface area contributed by atoms with E-state index in [1.165, 1.54) is 0 Å². The second-order valence-corrected chi connectivity index (χ2v) is 10.5. The lowest BCUT2D eigenvalue weighted by Gasteiger charge is -2.35. The molecule has 1 unspecified atom stereocenters. The highest BCUT2D eigenvalue weighted by molar-refractivity contribution is 7.53. The highest BCUT2D eigenvalue weighted by atomic mass is 31.2. The molecule has 36 heavy (non-hydrogen) atoms. The van der Waals surface area contributed by atoms with Crippen LogP contribution in [0.3, 0.4) is 0 Å². The smallest absolute Gasteiger partial charge is 0.309 e. The van der Waals surface area contributed by atoms with E-state index in [0.717, 1.165) is 16.7 Å². The maximum Gasteiger partial charge on any atom is 0.330 e. The Morgan fingerprint density at radius 2 is 1.28 bits per heavy atom. The fourth-order valence-corrected chi connectivity index (χ4v) is 6.14. The number of nitrogens with zero attached hydrogens (tertiary/aromatic N) is 3. The Morgan fingerprint density at radius 3 is 1.69 bits per heavy atom. The number of rotatable bonds is 12. The lowest BCUT2D eigenvalue weighted by Crippen LogP contribution is -2.38. The minimum absolute atomic E-state index is 0.0294. The van der Waals surface area contributed by atoms with Crippen molar-refractivity contribution in [2.45, 2.75) is 32.0 Å². The first-order valence-electron chi connectivity index (χ1n) is 12.1. The standard InChI is InChI=1S/C28H31FN3O3P/c1-3-34-36(33,35-4-2)21-20-26(29)27-30-22-32(31-27)28(23-14-8-5-9-15-23,24-16-10-6-11-17-24)25-18-12-7-13-19-25/h5-19,22,26H,3-4,20-21H2,1-2H3. The molecule has 6 nitrogen and oxygen atoms in total. The Kier molecular flexibility index (Phi) is 8.47. The molecule has 8 heteroatoms. The van der Waals surface area contributed by atoms with Crippen molar-refractivity contribution >= 4 is 7.60 Å². The Morgan fingerprint density at radius 1 is 0.833 bits per heavy atom. The Hall–Kier alpha value is -3.12. The summed E-state index contributed by atoms with van der Waals surface area (Å²) in [5.74, 6) is 0.0294. The Bertz CT molecular complexity index is 1160. The van der Waals surface area contributed by atoms with Crippen LogP contribution in [0.5, 0.6) is 0 Å². The number of aromatic nitrogens is 3. The van der Waals surface area contributed by atoms with Crippen LogP contribution < -0.4 is 0 Å². The molecule has 3 aromatic carbocycles. The van der Waals surface area contributed by atoms with E-state index < -0.39 is 19.3 Å². The average Bonchev–Trinajstić information content (AvgIpc) is 3.41. The molecule has 0 radical (unpaired) electrons. The van der Waals surface area contributed by atoms with E-state index in [1.807, 2.05) is 91.0 Å². The fourth-order valence-electron chi connectivity index (χ4n) is 4.48. The summed E-state index contributed by atoms with van der Waals surface area (Å²) in [6.45, 7) is 3.93. The molecule has 0 aliphatic rings. The van der Waals surface area contributed by atoms with Crippen molar-refractivity contribution in [1.82, 2.24) is 14.8 Å². The van der Waals surface area contributed by atoms with E-state index in [1.54, 1.807) is 24.9 Å². The number of hydrogen-bond acceptors (Lipinski definition) is 5. The van der Waals surface area contributed by atoms with Gasteiger partial charge < -0.3 is 9.05 Å². The van der Waals surface area contributed by atoms with Gasteiger partial charge in [-0.05, 0) is 37.0 Å². The van der Waals surface area contributed by atoms with Gasteiger partial charge in [0.2, 0.25) is 0 Å². The van der Waals surface area contributed by atoms with Crippen LogP contribution in [0, 0.1) is 0 Å². The van der Waals surface area contributed by atoms with Crippen molar-refractivity contribution in [3.8, 4) is 0 Å². The zero-order chi connectivity index (χ0) is 25.4. The lowest BCUT2D eigenvalue weighted by molar-refractivity contribution is 0.214. The highest BCUT2D eigenvalue weighted by Gasteiger charge is 2.40. The molecule has 188 valence electrons. The van der Waals surface area contributed by atoms with Crippen molar-refractivity contribution in [2.24, 2.45) is 0 Å². The first-order valence-corrected chi connectivity index (χ1v) is 13.9. The van der Waals surface area contributed by atoms with Crippen LogP contribution in [0.25, 0.3) is 0 Å². The minimum Gasteiger partial charge on any atom is -0.309 e. The SMILES string of the molecule is CCOP(=O)(CCC(F)c1ncn(C(c2ccccc2)(c2ccccc2)c2ccccc2)n1)OCC. The second-order valence-electron chi connectivity index (χ2n) is 8.28. The van der Waals surface area contributed by atoms with Gasteiger partial charge in [-0.25, -0.2) is 14.1 Å². The summed E-state index contributed by atoms with van der Waals surface area (Å²) in [6.07, 6.45) is -0.0814. The van der Waals surface area contributed by atoms with E-state index in [4.69, 9.17) is 9.05 Å². The van der Waals surface area contributed by atoms with Gasteiger partial charge in [-0.3, -0.25) is 4.57 Å². The van der Waals surface area contributed by atoms with Crippen LogP contribution >= 0.6 is 7.60 Å². The molecular weight excluding hydrogens is 476 g/mol. The minimum atomic E-state index is -3.37. The zero-order valence-corrected chi connectivity index (χ0v) is 21.4. The van der Waals surface area contributed by atoms with Crippen LogP contribution in [0.2, 0.25) is 0 Å². The highest BCUT2D eigenvalue weighted by Crippen LogP contribution is 2.49. The monoisotopic (exact) mass is 507 g/mol. The van der Waals surface area contributed by atoms with Crippen molar-refractivity contribution in [2.75, 3.05) is 19.4 Å². The van der Waals surface area contributed by atoms with Gasteiger partial charge in [-0.2, -0.15) is 5.10 Å². The molecule has 0 amide bonds. The molecule has 0 bridgehead atoms. The average molecular weight is 508 g/mol. The molecule has 0 saturated heterocycles. The van der Waals surface area contributed by atoms with Gasteiger partial charge in [0.1, 0.15) is 11.9 Å². The quantitative estimate of drug-likeness (QED) is 0.156. The normalized spacial score (nSPS) is 13.0. The topological polar surface area (TPSA) is 66.2 Å². The van der Waals surface area contributed by atoms with E-state index >= 15 is 4.39 Å². The van der Waals surface area contributed by atoms with Crippen LogP contribution in [-0.2, 0) is 19.2 Å². The molecule has 0 saturated carbocycles. The first-order chi connectivity index (χ1) is 17.5. The Labute approximate surface area is 211 Å². The molecule has 1 heterocycles. The third-order valence-electron chi connectivity index (χ3n) is 6.02. The lowest BCUT2D eigenvalue weighted by atomic mass is 9.77. The van der Waals surface area contributed by atoms with Gasteiger partial charge in [0, 0.05) is 0 Å². The number of hydrogen-bond donors (Lipinski definition) is 0. The summed E-state index contributed by atoms with van der Waals surface area (Å²) in [6, 6.07) is 30.0. The molecule has 0 aliphatic carbocycles. The summed E-state index contributed by atoms with van der Waals surface area (Å²) in [4.78, 5) is 4.36. The fraction of sp³-hybridized carbons (Fsp3) is 0.286. The Balaban J connectivity index is 1.77. The molecule has 0 aliphatic heterocycles. The molecule has 0 spiro atoms. The predicted molar refractivity (Wildman–Crippen MR) is 139 cm³/mol. The van der Waals surface area contributed by atoms with Gasteiger partial charge in [0.15, 0.2) is 12.0 Å². The van der Waals surface area contributed by atoms with E-state index in [9.17, 15) is 4.57 Å². The number of alkyl halides is 1. The number of halogens is 1. The zero-order valence-electron chi connectivity index (χ0n) is 20.5. The maximum atomic E-state index is 15.4. The van der Waals surface area contributed by atoms with Crippen molar-refractivity contribution in [1.29, 1.82) is 0 Å². The third kappa shape index (κ3) is 5.34. The molecule has 0 N–H and O–H groups in total. The summed E-state index contributed by atoms with van der Waals surface area (Å²) in [5.41, 5.74) is 2.02. The maximum absolute atomic E-state index is 15.4. The van der Waals surface area contributed by atoms with Crippen LogP contribution in [-0.4, -0.2) is 34.1 Å². The van der Waals surface area contributed by atoms with Crippen LogP contribution in [0.4, 0.5) is 4.39 Å². The summed E-state index contributed by atoms with van der Waals surface area (Å²) in [5, 5.41) is 4.66. The van der Waals surface area contributed by atoms with E-state index in [-0.39, 0.29) is 31.6 Å². The predicted octanol–water partition coefficient (Wildman–Crippen LogP) is 6.79. The molecule has 4 aromatic rings. The molecular formula is C28H31FN3O3P. The van der Waals surface area contributed by atoms with Gasteiger partial charge in [-0.15, -0.1) is 0 Å². The van der Waals surface area contributed by atoms with Gasteiger partial charge in [-0.1, -0.05) is 91.0 Å². The molecule has 1 atom stereocenters. The van der Waals surface area contributed by atoms with Gasteiger partial charge in [0.05, 0.1) is 19.4 Å². The van der Waals surface area contributed by atoms with Gasteiger partial charge >= 0.3 is 7.60 Å². The first kappa shape index (κ1) is 26.0. The van der Waals surface area contributed by atoms with Crippen molar-refractivity contribution < 1.29 is 18.0 Å². The van der Waals surface area contributed by atoms with Crippen LogP contribution in [0.1, 0.15) is 49.0 Å². The van der Waals surface area contributed by atoms with Gasteiger partial charge in [0.25, 0.3) is 0 Å². The largest absolute Gasteiger partial charge is 0.330 e. The molecule has 1 aromatic heterocycles. The number of benzene rings is 3. The van der Waals surface area contributed by atoms with E-state index in [2.05, 4.69) is 10.1 Å². The third-order valence-corrected chi connectivity index (χ3v) is 8.13. The summed E-state index contributed by atoms with van der Waals surface area (Å²) < 4.78 is 40.5. The second kappa shape index (κ2) is 11.7. The van der Waals surface area contributed by atoms with E-state index in [0.29, 0.717) is 0 Å². The van der Waals surface area contributed by atoms with Crippen molar-refractivity contribution in [3.05, 3.63) is 120 Å².